The summed E-state index contributed by atoms with van der Waals surface area (Å²) in [4.78, 5) is 20.8. The first kappa shape index (κ1) is 19.1. The van der Waals surface area contributed by atoms with Crippen LogP contribution in [0, 0.1) is 12.8 Å². The van der Waals surface area contributed by atoms with Crippen LogP contribution in [-0.4, -0.2) is 35.7 Å². The molecule has 1 atom stereocenters. The van der Waals surface area contributed by atoms with Gasteiger partial charge < -0.3 is 15.4 Å². The van der Waals surface area contributed by atoms with Crippen molar-refractivity contribution < 1.29 is 9.53 Å². The Bertz CT molecular complexity index is 757. The van der Waals surface area contributed by atoms with E-state index in [4.69, 9.17) is 4.74 Å². The summed E-state index contributed by atoms with van der Waals surface area (Å²) in [6.07, 6.45) is 6.36. The number of urea groups is 1. The summed E-state index contributed by atoms with van der Waals surface area (Å²) < 4.78 is 6.00. The number of carbonyl (C=O) groups is 1. The summed E-state index contributed by atoms with van der Waals surface area (Å²) in [7, 11) is 0. The van der Waals surface area contributed by atoms with Crippen molar-refractivity contribution in [3.8, 4) is 5.75 Å². The lowest BCUT2D eigenvalue weighted by atomic mass is 10.0. The van der Waals surface area contributed by atoms with Gasteiger partial charge in [0.05, 0.1) is 30.4 Å². The summed E-state index contributed by atoms with van der Waals surface area (Å²) in [5.74, 6) is 1.58. The second kappa shape index (κ2) is 9.32. The number of piperidine rings is 1. The zero-order valence-electron chi connectivity index (χ0n) is 15.9. The number of ether oxygens (including phenoxy) is 1. The molecule has 2 aromatic rings. The smallest absolute Gasteiger partial charge is 0.324 e. The molecule has 7 heteroatoms. The summed E-state index contributed by atoms with van der Waals surface area (Å²) in [5.41, 5.74) is 2.58. The largest absolute Gasteiger partial charge is 0.491 e. The van der Waals surface area contributed by atoms with Crippen molar-refractivity contribution in [2.24, 2.45) is 5.92 Å². The SMILES string of the molecule is CCc1cnc(NC(=O)Nc2cc(C)ccc2OCC2CCCNC2)cn1. The number of carbonyl (C=O) groups excluding carboxylic acids is 1. The number of amides is 2. The third kappa shape index (κ3) is 5.65. The van der Waals surface area contributed by atoms with Crippen LogP contribution in [0.25, 0.3) is 0 Å². The van der Waals surface area contributed by atoms with Gasteiger partial charge in [0.2, 0.25) is 0 Å². The summed E-state index contributed by atoms with van der Waals surface area (Å²) in [6, 6.07) is 5.41. The molecule has 1 aromatic carbocycles. The van der Waals surface area contributed by atoms with Crippen molar-refractivity contribution in [2.75, 3.05) is 30.3 Å². The van der Waals surface area contributed by atoms with Gasteiger partial charge in [-0.1, -0.05) is 13.0 Å². The Balaban J connectivity index is 1.61. The van der Waals surface area contributed by atoms with Gasteiger partial charge in [-0.15, -0.1) is 0 Å². The highest BCUT2D eigenvalue weighted by molar-refractivity contribution is 6.00. The van der Waals surface area contributed by atoms with Gasteiger partial charge in [-0.25, -0.2) is 9.78 Å². The van der Waals surface area contributed by atoms with Crippen LogP contribution in [0.5, 0.6) is 5.75 Å². The van der Waals surface area contributed by atoms with Gasteiger partial charge in [-0.2, -0.15) is 0 Å². The molecule has 2 heterocycles. The van der Waals surface area contributed by atoms with Crippen molar-refractivity contribution in [1.82, 2.24) is 15.3 Å². The molecule has 2 amide bonds. The predicted molar refractivity (Wildman–Crippen MR) is 106 cm³/mol. The van der Waals surface area contributed by atoms with Crippen LogP contribution < -0.4 is 20.7 Å². The number of rotatable bonds is 6. The normalized spacial score (nSPS) is 16.6. The van der Waals surface area contributed by atoms with Gasteiger partial charge in [-0.3, -0.25) is 10.3 Å². The van der Waals surface area contributed by atoms with E-state index in [9.17, 15) is 4.79 Å². The lowest BCUT2D eigenvalue weighted by Crippen LogP contribution is -2.33. The molecule has 0 spiro atoms. The first-order valence-electron chi connectivity index (χ1n) is 9.47. The minimum Gasteiger partial charge on any atom is -0.491 e. The molecule has 3 rings (SSSR count). The fourth-order valence-corrected chi connectivity index (χ4v) is 3.01. The molecule has 0 aliphatic carbocycles. The maximum atomic E-state index is 12.4. The van der Waals surface area contributed by atoms with Crippen molar-refractivity contribution in [3.63, 3.8) is 0 Å². The van der Waals surface area contributed by atoms with Crippen LogP contribution in [0.15, 0.2) is 30.6 Å². The molecule has 1 saturated heterocycles. The number of nitrogens with zero attached hydrogens (tertiary/aromatic N) is 2. The summed E-state index contributed by atoms with van der Waals surface area (Å²) >= 11 is 0. The number of anilines is 2. The Morgan fingerprint density at radius 1 is 1.30 bits per heavy atom. The van der Waals surface area contributed by atoms with Crippen LogP contribution >= 0.6 is 0 Å². The average molecular weight is 369 g/mol. The van der Waals surface area contributed by atoms with E-state index in [0.29, 0.717) is 29.8 Å². The number of hydrogen-bond donors (Lipinski definition) is 3. The molecule has 0 saturated carbocycles. The van der Waals surface area contributed by atoms with Gasteiger partial charge >= 0.3 is 6.03 Å². The molecular formula is C20H27N5O2. The van der Waals surface area contributed by atoms with E-state index in [1.807, 2.05) is 32.0 Å². The molecule has 0 radical (unpaired) electrons. The number of benzene rings is 1. The molecule has 0 bridgehead atoms. The molecule has 7 nitrogen and oxygen atoms in total. The fourth-order valence-electron chi connectivity index (χ4n) is 3.01. The van der Waals surface area contributed by atoms with Crippen molar-refractivity contribution >= 4 is 17.5 Å². The highest BCUT2D eigenvalue weighted by Crippen LogP contribution is 2.27. The number of nitrogens with one attached hydrogen (secondary N) is 3. The van der Waals surface area contributed by atoms with Crippen LogP contribution in [0.3, 0.4) is 0 Å². The maximum absolute atomic E-state index is 12.4. The second-order valence-electron chi connectivity index (χ2n) is 6.85. The van der Waals surface area contributed by atoms with Crippen LogP contribution in [-0.2, 0) is 6.42 Å². The monoisotopic (exact) mass is 369 g/mol. The van der Waals surface area contributed by atoms with Gasteiger partial charge in [-0.05, 0) is 50.4 Å². The van der Waals surface area contributed by atoms with Gasteiger partial charge in [0.1, 0.15) is 5.75 Å². The maximum Gasteiger partial charge on any atom is 0.324 e. The molecule has 3 N–H and O–H groups in total. The summed E-state index contributed by atoms with van der Waals surface area (Å²) in [5, 5.41) is 8.95. The Morgan fingerprint density at radius 2 is 2.19 bits per heavy atom. The second-order valence-corrected chi connectivity index (χ2v) is 6.85. The first-order valence-corrected chi connectivity index (χ1v) is 9.47. The molecule has 144 valence electrons. The van der Waals surface area contributed by atoms with E-state index in [2.05, 4.69) is 25.9 Å². The van der Waals surface area contributed by atoms with E-state index in [1.54, 1.807) is 12.4 Å². The Morgan fingerprint density at radius 3 is 2.89 bits per heavy atom. The number of aryl methyl sites for hydroxylation is 2. The standard InChI is InChI=1S/C20H27N5O2/c1-3-16-11-23-19(12-22-16)25-20(26)24-17-9-14(2)6-7-18(17)27-13-15-5-4-8-21-10-15/h6-7,9,11-12,15,21H,3-5,8,10,13H2,1-2H3,(H2,23,24,25,26). The number of aromatic nitrogens is 2. The predicted octanol–water partition coefficient (Wildman–Crippen LogP) is 3.37. The average Bonchev–Trinajstić information content (AvgIpc) is 2.69. The van der Waals surface area contributed by atoms with Crippen molar-refractivity contribution in [3.05, 3.63) is 41.9 Å². The molecule has 1 unspecified atom stereocenters. The fraction of sp³-hybridized carbons (Fsp3) is 0.450. The lowest BCUT2D eigenvalue weighted by Gasteiger charge is -2.23. The van der Waals surface area contributed by atoms with Crippen molar-refractivity contribution in [1.29, 1.82) is 0 Å². The molecule has 27 heavy (non-hydrogen) atoms. The minimum absolute atomic E-state index is 0.372. The topological polar surface area (TPSA) is 88.2 Å². The lowest BCUT2D eigenvalue weighted by molar-refractivity contribution is 0.219. The molecular weight excluding hydrogens is 342 g/mol. The Labute approximate surface area is 159 Å². The Kier molecular flexibility index (Phi) is 6.59. The zero-order chi connectivity index (χ0) is 19.1. The van der Waals surface area contributed by atoms with E-state index in [-0.39, 0.29) is 6.03 Å². The van der Waals surface area contributed by atoms with E-state index >= 15 is 0 Å². The molecule has 1 aliphatic rings. The van der Waals surface area contributed by atoms with Gasteiger partial charge in [0, 0.05) is 12.5 Å². The van der Waals surface area contributed by atoms with Crippen LogP contribution in [0.4, 0.5) is 16.3 Å². The summed E-state index contributed by atoms with van der Waals surface area (Å²) in [6.45, 7) is 6.67. The zero-order valence-corrected chi connectivity index (χ0v) is 15.9. The van der Waals surface area contributed by atoms with Gasteiger partial charge in [0.25, 0.3) is 0 Å². The molecule has 1 fully saturated rings. The highest BCUT2D eigenvalue weighted by atomic mass is 16.5. The van der Waals surface area contributed by atoms with Crippen molar-refractivity contribution in [2.45, 2.75) is 33.1 Å². The third-order valence-corrected chi connectivity index (χ3v) is 4.57. The molecule has 1 aliphatic heterocycles. The first-order chi connectivity index (χ1) is 13.1. The number of hydrogen-bond acceptors (Lipinski definition) is 5. The third-order valence-electron chi connectivity index (χ3n) is 4.57. The van der Waals surface area contributed by atoms with E-state index in [0.717, 1.165) is 37.2 Å². The molecule has 1 aromatic heterocycles. The Hall–Kier alpha value is -2.67. The van der Waals surface area contributed by atoms with E-state index < -0.39 is 0 Å². The minimum atomic E-state index is -0.372. The van der Waals surface area contributed by atoms with E-state index in [1.165, 1.54) is 6.42 Å². The van der Waals surface area contributed by atoms with Gasteiger partial charge in [0.15, 0.2) is 5.82 Å². The van der Waals surface area contributed by atoms with Crippen LogP contribution in [0.1, 0.15) is 31.0 Å². The van der Waals surface area contributed by atoms with Crippen LogP contribution in [0.2, 0.25) is 0 Å². The highest BCUT2D eigenvalue weighted by Gasteiger charge is 2.15. The quantitative estimate of drug-likeness (QED) is 0.727.